The molecule has 0 saturated heterocycles. The highest BCUT2D eigenvalue weighted by Gasteiger charge is 2.43. The Hall–Kier alpha value is -2.05. The normalized spacial score (nSPS) is 18.6. The number of hydrogen-bond donors (Lipinski definition) is 2. The molecule has 0 unspecified atom stereocenters. The van der Waals surface area contributed by atoms with Crippen LogP contribution in [0.25, 0.3) is 0 Å². The number of nitrogens with zero attached hydrogens (tertiary/aromatic N) is 1. The number of benzene rings is 1. The number of pyridine rings is 1. The van der Waals surface area contributed by atoms with Crippen LogP contribution in [-0.2, 0) is 0 Å². The number of carbonyl (C=O) groups is 1. The van der Waals surface area contributed by atoms with Gasteiger partial charge in [-0.25, -0.2) is 14.2 Å². The number of urea groups is 1. The van der Waals surface area contributed by atoms with Gasteiger partial charge in [-0.2, -0.15) is 0 Å². The third-order valence-electron chi connectivity index (χ3n) is 3.84. The molecule has 0 aliphatic heterocycles. The van der Waals surface area contributed by atoms with Crippen molar-refractivity contribution in [3.63, 3.8) is 0 Å². The van der Waals surface area contributed by atoms with E-state index in [9.17, 15) is 9.18 Å². The molecule has 3 rings (SSSR count). The lowest BCUT2D eigenvalue weighted by Crippen LogP contribution is -2.31. The number of halogens is 3. The standard InChI is InChI=1S/C17H16Cl2FN3O2/c1-2-25-13-5-4-11(20)15(16(13)19)10-7-12(10)22-17(24)23-14-6-3-9(18)8-21-14/h3-6,8,10,12H,2,7H2,1H3,(H2,21,22,23,24)/t10-,12+/m1/s1. The van der Waals surface area contributed by atoms with Crippen LogP contribution in [-0.4, -0.2) is 23.7 Å². The second kappa shape index (κ2) is 7.45. The Labute approximate surface area is 154 Å². The summed E-state index contributed by atoms with van der Waals surface area (Å²) in [5, 5.41) is 6.12. The van der Waals surface area contributed by atoms with E-state index in [1.807, 2.05) is 6.92 Å². The SMILES string of the molecule is CCOc1ccc(F)c([C@@H]2C[C@@H]2NC(=O)Nc2ccc(Cl)cn2)c1Cl. The maximum atomic E-state index is 14.2. The minimum Gasteiger partial charge on any atom is -0.492 e. The van der Waals surface area contributed by atoms with E-state index in [1.165, 1.54) is 18.3 Å². The Kier molecular flexibility index (Phi) is 5.30. The molecule has 1 aliphatic carbocycles. The topological polar surface area (TPSA) is 63.2 Å². The summed E-state index contributed by atoms with van der Waals surface area (Å²) in [5.41, 5.74) is 0.377. The van der Waals surface area contributed by atoms with Gasteiger partial charge in [0.05, 0.1) is 16.7 Å². The van der Waals surface area contributed by atoms with E-state index < -0.39 is 11.8 Å². The highest BCUT2D eigenvalue weighted by Crippen LogP contribution is 2.47. The van der Waals surface area contributed by atoms with E-state index in [0.29, 0.717) is 35.2 Å². The van der Waals surface area contributed by atoms with E-state index in [4.69, 9.17) is 27.9 Å². The smallest absolute Gasteiger partial charge is 0.320 e. The Bertz CT molecular complexity index is 786. The first-order valence-corrected chi connectivity index (χ1v) is 8.55. The van der Waals surface area contributed by atoms with Crippen LogP contribution < -0.4 is 15.4 Å². The van der Waals surface area contributed by atoms with Crippen molar-refractivity contribution in [2.24, 2.45) is 0 Å². The summed E-state index contributed by atoms with van der Waals surface area (Å²) >= 11 is 12.0. The number of aromatic nitrogens is 1. The highest BCUT2D eigenvalue weighted by atomic mass is 35.5. The molecule has 0 bridgehead atoms. The number of rotatable bonds is 5. The summed E-state index contributed by atoms with van der Waals surface area (Å²) in [7, 11) is 0. The third-order valence-corrected chi connectivity index (χ3v) is 4.45. The molecule has 2 atom stereocenters. The Morgan fingerprint density at radius 3 is 2.84 bits per heavy atom. The molecule has 1 aromatic carbocycles. The fraction of sp³-hybridized carbons (Fsp3) is 0.294. The molecule has 1 aromatic heterocycles. The molecule has 1 aliphatic rings. The molecule has 2 amide bonds. The molecule has 5 nitrogen and oxygen atoms in total. The first-order chi connectivity index (χ1) is 12.0. The molecule has 0 radical (unpaired) electrons. The van der Waals surface area contributed by atoms with Gasteiger partial charge in [-0.05, 0) is 37.6 Å². The molecule has 132 valence electrons. The van der Waals surface area contributed by atoms with Gasteiger partial charge in [-0.1, -0.05) is 23.2 Å². The average Bonchev–Trinajstić information content (AvgIpc) is 3.31. The first kappa shape index (κ1) is 17.8. The number of amides is 2. The van der Waals surface area contributed by atoms with E-state index in [0.717, 1.165) is 0 Å². The van der Waals surface area contributed by atoms with Crippen LogP contribution in [0.2, 0.25) is 10.0 Å². The zero-order valence-corrected chi connectivity index (χ0v) is 14.9. The summed E-state index contributed by atoms with van der Waals surface area (Å²) in [6.07, 6.45) is 2.04. The van der Waals surface area contributed by atoms with Gasteiger partial charge in [-0.3, -0.25) is 5.32 Å². The van der Waals surface area contributed by atoms with Crippen molar-refractivity contribution in [1.29, 1.82) is 0 Å². The van der Waals surface area contributed by atoms with Gasteiger partial charge < -0.3 is 10.1 Å². The summed E-state index contributed by atoms with van der Waals surface area (Å²) in [5.74, 6) is 0.238. The molecular formula is C17H16Cl2FN3O2. The third kappa shape index (κ3) is 4.14. The predicted molar refractivity (Wildman–Crippen MR) is 95.1 cm³/mol. The van der Waals surface area contributed by atoms with Gasteiger partial charge in [0.2, 0.25) is 0 Å². The molecule has 8 heteroatoms. The number of nitrogens with one attached hydrogen (secondary N) is 2. The molecular weight excluding hydrogens is 368 g/mol. The van der Waals surface area contributed by atoms with Crippen LogP contribution >= 0.6 is 23.2 Å². The van der Waals surface area contributed by atoms with Crippen molar-refractivity contribution >= 4 is 35.1 Å². The Morgan fingerprint density at radius 1 is 1.36 bits per heavy atom. The largest absolute Gasteiger partial charge is 0.492 e. The quantitative estimate of drug-likeness (QED) is 0.792. The highest BCUT2D eigenvalue weighted by molar-refractivity contribution is 6.33. The van der Waals surface area contributed by atoms with E-state index >= 15 is 0 Å². The van der Waals surface area contributed by atoms with Crippen LogP contribution in [0.4, 0.5) is 15.0 Å². The molecule has 2 aromatic rings. The van der Waals surface area contributed by atoms with Crippen LogP contribution in [0.15, 0.2) is 30.5 Å². The zero-order valence-electron chi connectivity index (χ0n) is 13.4. The maximum absolute atomic E-state index is 14.2. The molecule has 1 heterocycles. The van der Waals surface area contributed by atoms with Gasteiger partial charge in [0.15, 0.2) is 0 Å². The lowest BCUT2D eigenvalue weighted by Gasteiger charge is -2.12. The van der Waals surface area contributed by atoms with Crippen molar-refractivity contribution in [3.8, 4) is 5.75 Å². The van der Waals surface area contributed by atoms with Crippen LogP contribution in [0.3, 0.4) is 0 Å². The first-order valence-electron chi connectivity index (χ1n) is 7.79. The number of carbonyl (C=O) groups excluding carboxylic acids is 1. The van der Waals surface area contributed by atoms with Crippen LogP contribution in [0, 0.1) is 5.82 Å². The van der Waals surface area contributed by atoms with Crippen molar-refractivity contribution in [2.45, 2.75) is 25.3 Å². The summed E-state index contributed by atoms with van der Waals surface area (Å²) in [6, 6.07) is 5.44. The Morgan fingerprint density at radius 2 is 2.16 bits per heavy atom. The molecule has 1 fully saturated rings. The second-order valence-corrected chi connectivity index (χ2v) is 6.43. The fourth-order valence-corrected chi connectivity index (χ4v) is 3.06. The lowest BCUT2D eigenvalue weighted by atomic mass is 10.1. The van der Waals surface area contributed by atoms with E-state index in [2.05, 4.69) is 15.6 Å². The van der Waals surface area contributed by atoms with Gasteiger partial charge in [0.25, 0.3) is 0 Å². The van der Waals surface area contributed by atoms with Crippen LogP contribution in [0.1, 0.15) is 24.8 Å². The summed E-state index contributed by atoms with van der Waals surface area (Å²) in [4.78, 5) is 16.0. The predicted octanol–water partition coefficient (Wildman–Crippen LogP) is 4.60. The zero-order chi connectivity index (χ0) is 18.0. The second-order valence-electron chi connectivity index (χ2n) is 5.61. The lowest BCUT2D eigenvalue weighted by molar-refractivity contribution is 0.251. The van der Waals surface area contributed by atoms with Gasteiger partial charge in [0.1, 0.15) is 17.4 Å². The minimum atomic E-state index is -0.417. The maximum Gasteiger partial charge on any atom is 0.320 e. The Balaban J connectivity index is 1.64. The number of anilines is 1. The number of ether oxygens (including phenoxy) is 1. The van der Waals surface area contributed by atoms with Crippen molar-refractivity contribution in [3.05, 3.63) is 51.9 Å². The summed E-state index contributed by atoms with van der Waals surface area (Å²) < 4.78 is 19.6. The fourth-order valence-electron chi connectivity index (χ4n) is 2.60. The monoisotopic (exact) mass is 383 g/mol. The van der Waals surface area contributed by atoms with Crippen molar-refractivity contribution in [2.75, 3.05) is 11.9 Å². The number of hydrogen-bond acceptors (Lipinski definition) is 3. The molecule has 25 heavy (non-hydrogen) atoms. The van der Waals surface area contributed by atoms with Gasteiger partial charge in [-0.15, -0.1) is 0 Å². The molecule has 1 saturated carbocycles. The van der Waals surface area contributed by atoms with Crippen LogP contribution in [0.5, 0.6) is 5.75 Å². The van der Waals surface area contributed by atoms with Crippen molar-refractivity contribution < 1.29 is 13.9 Å². The molecule has 2 N–H and O–H groups in total. The summed E-state index contributed by atoms with van der Waals surface area (Å²) in [6.45, 7) is 2.27. The van der Waals surface area contributed by atoms with Gasteiger partial charge in [0, 0.05) is 23.7 Å². The van der Waals surface area contributed by atoms with Crippen molar-refractivity contribution in [1.82, 2.24) is 10.3 Å². The van der Waals surface area contributed by atoms with Gasteiger partial charge >= 0.3 is 6.03 Å². The minimum absolute atomic E-state index is 0.183. The van der Waals surface area contributed by atoms with E-state index in [-0.39, 0.29) is 17.0 Å². The average molecular weight is 384 g/mol. The van der Waals surface area contributed by atoms with E-state index in [1.54, 1.807) is 12.1 Å². The molecule has 0 spiro atoms.